The van der Waals surface area contributed by atoms with Crippen molar-refractivity contribution in [1.29, 1.82) is 0 Å². The second-order valence-corrected chi connectivity index (χ2v) is 8.56. The van der Waals surface area contributed by atoms with Crippen molar-refractivity contribution in [2.75, 3.05) is 13.1 Å². The number of nitrogens with zero attached hydrogens (tertiary/aromatic N) is 2. The van der Waals surface area contributed by atoms with Gasteiger partial charge in [-0.15, -0.1) is 6.42 Å². The average molecular weight is 436 g/mol. The molecule has 3 fully saturated rings. The Balaban J connectivity index is 1.32. The molecular weight excluding hydrogens is 414 g/mol. The van der Waals surface area contributed by atoms with Gasteiger partial charge in [-0.1, -0.05) is 18.1 Å². The number of likely N-dealkylation sites (tertiary alicyclic amines) is 1. The van der Waals surface area contributed by atoms with Crippen LogP contribution in [0.4, 0.5) is 8.78 Å². The van der Waals surface area contributed by atoms with Crippen LogP contribution in [0.3, 0.4) is 0 Å². The fourth-order valence-corrected chi connectivity index (χ4v) is 5.18. The summed E-state index contributed by atoms with van der Waals surface area (Å²) in [6, 6.07) is 9.95. The van der Waals surface area contributed by atoms with Crippen molar-refractivity contribution in [3.05, 3.63) is 70.8 Å². The Kier molecular flexibility index (Phi) is 4.98. The number of amides is 2. The molecule has 2 atom stereocenters. The summed E-state index contributed by atoms with van der Waals surface area (Å²) in [7, 11) is 0. The van der Waals surface area contributed by atoms with Gasteiger partial charge in [0.05, 0.1) is 11.6 Å². The van der Waals surface area contributed by atoms with E-state index in [1.54, 1.807) is 34.1 Å². The van der Waals surface area contributed by atoms with Crippen LogP contribution in [0, 0.1) is 24.0 Å². The van der Waals surface area contributed by atoms with E-state index in [4.69, 9.17) is 11.2 Å². The minimum atomic E-state index is -1.00. The number of carbonyl (C=O) groups is 2. The van der Waals surface area contributed by atoms with Crippen LogP contribution in [-0.4, -0.2) is 46.5 Å². The number of fused-ring (bicyclic) bond motifs is 1. The van der Waals surface area contributed by atoms with Gasteiger partial charge in [0.25, 0.3) is 11.8 Å². The van der Waals surface area contributed by atoms with Crippen molar-refractivity contribution in [1.82, 2.24) is 9.80 Å². The number of ether oxygens (including phenoxy) is 1. The van der Waals surface area contributed by atoms with Crippen LogP contribution in [-0.2, 0) is 9.53 Å². The molecule has 2 aromatic rings. The molecule has 0 N–H and O–H groups in total. The average Bonchev–Trinajstić information content (AvgIpc) is 3.31. The van der Waals surface area contributed by atoms with E-state index in [0.717, 1.165) is 6.07 Å². The topological polar surface area (TPSA) is 49.9 Å². The molecule has 0 bridgehead atoms. The van der Waals surface area contributed by atoms with Crippen molar-refractivity contribution >= 4 is 11.8 Å². The highest BCUT2D eigenvalue weighted by atomic mass is 19.1. The predicted octanol–water partition coefficient (Wildman–Crippen LogP) is 3.64. The Bertz CT molecular complexity index is 1110. The quantitative estimate of drug-likeness (QED) is 0.676. The smallest absolute Gasteiger partial charge is 0.257 e. The highest BCUT2D eigenvalue weighted by Crippen LogP contribution is 2.47. The monoisotopic (exact) mass is 436 g/mol. The van der Waals surface area contributed by atoms with Crippen molar-refractivity contribution in [2.45, 2.75) is 43.6 Å². The molecule has 1 spiro atoms. The van der Waals surface area contributed by atoms with Crippen LogP contribution in [0.2, 0.25) is 0 Å². The van der Waals surface area contributed by atoms with E-state index in [-0.39, 0.29) is 11.8 Å². The van der Waals surface area contributed by atoms with Gasteiger partial charge in [0.2, 0.25) is 0 Å². The Morgan fingerprint density at radius 1 is 1.09 bits per heavy atom. The Hall–Kier alpha value is -3.24. The zero-order chi connectivity index (χ0) is 22.5. The van der Waals surface area contributed by atoms with E-state index in [1.807, 2.05) is 0 Å². The van der Waals surface area contributed by atoms with Gasteiger partial charge >= 0.3 is 0 Å². The first kappa shape index (κ1) is 20.7. The fraction of sp³-hybridized carbons (Fsp3) is 0.360. The number of piperidine rings is 1. The van der Waals surface area contributed by atoms with E-state index < -0.39 is 29.5 Å². The van der Waals surface area contributed by atoms with Gasteiger partial charge in [-0.3, -0.25) is 9.59 Å². The van der Waals surface area contributed by atoms with Crippen LogP contribution >= 0.6 is 0 Å². The molecule has 0 radical (unpaired) electrons. The second-order valence-electron chi connectivity index (χ2n) is 8.56. The summed E-state index contributed by atoms with van der Waals surface area (Å²) < 4.78 is 33.8. The van der Waals surface area contributed by atoms with E-state index in [9.17, 15) is 18.4 Å². The van der Waals surface area contributed by atoms with Crippen LogP contribution in [0.1, 0.15) is 53.2 Å². The van der Waals surface area contributed by atoms with E-state index in [2.05, 4.69) is 5.92 Å². The van der Waals surface area contributed by atoms with E-state index >= 15 is 0 Å². The molecular formula is C25H22F2N2O3. The predicted molar refractivity (Wildman–Crippen MR) is 112 cm³/mol. The summed E-state index contributed by atoms with van der Waals surface area (Å²) in [5.41, 5.74) is 0.449. The number of hydrogen-bond acceptors (Lipinski definition) is 3. The molecule has 3 heterocycles. The van der Waals surface area contributed by atoms with Gasteiger partial charge < -0.3 is 14.5 Å². The first-order valence-electron chi connectivity index (χ1n) is 10.7. The molecule has 5 nitrogen and oxygen atoms in total. The molecule has 164 valence electrons. The molecule has 5 rings (SSSR count). The molecule has 3 aliphatic rings. The minimum Gasteiger partial charge on any atom is -0.342 e. The van der Waals surface area contributed by atoms with Gasteiger partial charge in [0.15, 0.2) is 5.60 Å². The van der Waals surface area contributed by atoms with Crippen LogP contribution < -0.4 is 0 Å². The Morgan fingerprint density at radius 2 is 1.78 bits per heavy atom. The maximum Gasteiger partial charge on any atom is 0.257 e. The SMILES string of the molecule is C#Cc1ccccc1C(=O)N1CCC2(CC1)O[C@@H]1CC[C@@H](c3cc(F)cc(F)c3)N1C2=O. The first-order chi connectivity index (χ1) is 15.4. The molecule has 32 heavy (non-hydrogen) atoms. The molecule has 0 aliphatic carbocycles. The summed E-state index contributed by atoms with van der Waals surface area (Å²) in [4.78, 5) is 29.8. The molecule has 0 saturated carbocycles. The van der Waals surface area contributed by atoms with E-state index in [1.165, 1.54) is 12.1 Å². The van der Waals surface area contributed by atoms with Gasteiger partial charge in [-0.25, -0.2) is 8.78 Å². The van der Waals surface area contributed by atoms with E-state index in [0.29, 0.717) is 55.5 Å². The molecule has 7 heteroatoms. The van der Waals surface area contributed by atoms with Crippen LogP contribution in [0.15, 0.2) is 42.5 Å². The van der Waals surface area contributed by atoms with Crippen molar-refractivity contribution in [3.8, 4) is 12.3 Å². The van der Waals surface area contributed by atoms with Gasteiger partial charge in [0.1, 0.15) is 17.9 Å². The second kappa shape index (κ2) is 7.72. The third kappa shape index (κ3) is 3.26. The maximum absolute atomic E-state index is 13.8. The van der Waals surface area contributed by atoms with Crippen LogP contribution in [0.25, 0.3) is 0 Å². The summed E-state index contributed by atoms with van der Waals surface area (Å²) in [5, 5.41) is 0. The number of terminal acetylenes is 1. The zero-order valence-electron chi connectivity index (χ0n) is 17.4. The molecule has 3 aliphatic heterocycles. The third-order valence-electron chi connectivity index (χ3n) is 6.76. The standard InChI is InChI=1S/C25H22F2N2O3/c1-2-16-5-3-4-6-20(16)23(30)28-11-9-25(10-12-28)24(31)29-21(7-8-22(29)32-25)17-13-18(26)15-19(27)14-17/h1,3-6,13-15,21-22H,7-12H2/t21-,22+/m0/s1. The molecule has 2 amide bonds. The number of carbonyl (C=O) groups excluding carboxylic acids is 2. The Morgan fingerprint density at radius 3 is 2.47 bits per heavy atom. The zero-order valence-corrected chi connectivity index (χ0v) is 17.4. The van der Waals surface area contributed by atoms with Crippen molar-refractivity contribution in [2.24, 2.45) is 0 Å². The normalized spacial score (nSPS) is 24.0. The maximum atomic E-state index is 13.8. The largest absolute Gasteiger partial charge is 0.342 e. The lowest BCUT2D eigenvalue weighted by atomic mass is 9.89. The van der Waals surface area contributed by atoms with Crippen molar-refractivity contribution in [3.63, 3.8) is 0 Å². The van der Waals surface area contributed by atoms with Gasteiger partial charge in [-0.2, -0.15) is 0 Å². The highest BCUT2D eigenvalue weighted by molar-refractivity contribution is 5.97. The molecule has 0 aromatic heterocycles. The molecule has 2 aromatic carbocycles. The van der Waals surface area contributed by atoms with Gasteiger partial charge in [-0.05, 0) is 42.7 Å². The lowest BCUT2D eigenvalue weighted by Gasteiger charge is -2.37. The summed E-state index contributed by atoms with van der Waals surface area (Å²) in [6.07, 6.45) is 7.04. The first-order valence-corrected chi connectivity index (χ1v) is 10.7. The lowest BCUT2D eigenvalue weighted by Crippen LogP contribution is -2.51. The Labute approximate surface area is 185 Å². The number of hydrogen-bond donors (Lipinski definition) is 0. The molecule has 0 unspecified atom stereocenters. The number of rotatable bonds is 2. The van der Waals surface area contributed by atoms with Crippen molar-refractivity contribution < 1.29 is 23.1 Å². The van der Waals surface area contributed by atoms with Crippen LogP contribution in [0.5, 0.6) is 0 Å². The van der Waals surface area contributed by atoms with Gasteiger partial charge in [0, 0.05) is 37.6 Å². The highest BCUT2D eigenvalue weighted by Gasteiger charge is 2.58. The number of benzene rings is 2. The number of halogens is 2. The molecule has 3 saturated heterocycles. The fourth-order valence-electron chi connectivity index (χ4n) is 5.18. The summed E-state index contributed by atoms with van der Waals surface area (Å²) in [6.45, 7) is 0.729. The lowest BCUT2D eigenvalue weighted by molar-refractivity contribution is -0.142. The minimum absolute atomic E-state index is 0.160. The summed E-state index contributed by atoms with van der Waals surface area (Å²) in [5.74, 6) is 0.894. The summed E-state index contributed by atoms with van der Waals surface area (Å²) >= 11 is 0. The third-order valence-corrected chi connectivity index (χ3v) is 6.76.